The number of amides is 1. The molecule has 130 valence electrons. The second-order valence-corrected chi connectivity index (χ2v) is 8.52. The van der Waals surface area contributed by atoms with Crippen molar-refractivity contribution in [2.75, 3.05) is 18.8 Å². The average Bonchev–Trinajstić information content (AvgIpc) is 2.92. The molecule has 0 bridgehead atoms. The van der Waals surface area contributed by atoms with Gasteiger partial charge in [-0.2, -0.15) is 11.8 Å². The van der Waals surface area contributed by atoms with Crippen LogP contribution in [-0.4, -0.2) is 40.4 Å². The first-order chi connectivity index (χ1) is 10.7. The normalized spacial score (nSPS) is 23.5. The fourth-order valence-corrected chi connectivity index (χ4v) is 3.93. The van der Waals surface area contributed by atoms with Crippen molar-refractivity contribution in [3.8, 4) is 0 Å². The molecule has 0 radical (unpaired) electrons. The molecule has 1 N–H and O–H groups in total. The van der Waals surface area contributed by atoms with Crippen LogP contribution in [0.3, 0.4) is 0 Å². The first-order valence-electron chi connectivity index (χ1n) is 8.36. The first-order valence-corrected chi connectivity index (χ1v) is 9.52. The molecule has 0 spiro atoms. The third kappa shape index (κ3) is 3.94. The molecule has 23 heavy (non-hydrogen) atoms. The molecule has 0 unspecified atom stereocenters. The Morgan fingerprint density at radius 3 is 2.65 bits per heavy atom. The average molecular weight is 340 g/mol. The Bertz CT molecular complexity index is 547. The Balaban J connectivity index is 2.04. The molecule has 4 nitrogen and oxygen atoms in total. The second kappa shape index (κ2) is 6.89. The molecular weight excluding hydrogens is 310 g/mol. The standard InChI is InChI=1S/C18H29NO3S/c1-6-7-8-23-10-14-9-15(22-13(14)2)16(20)19-11-17(3,4)18(5,21)12-19/h9,21H,6-8,10-12H2,1-5H3/t18-/m1/s1. The van der Waals surface area contributed by atoms with Gasteiger partial charge in [0.2, 0.25) is 0 Å². The van der Waals surface area contributed by atoms with Gasteiger partial charge in [0.25, 0.3) is 5.91 Å². The van der Waals surface area contributed by atoms with Gasteiger partial charge >= 0.3 is 0 Å². The van der Waals surface area contributed by atoms with Crippen LogP contribution in [0.4, 0.5) is 0 Å². The highest BCUT2D eigenvalue weighted by Crippen LogP contribution is 2.39. The number of carbonyl (C=O) groups is 1. The highest BCUT2D eigenvalue weighted by molar-refractivity contribution is 7.98. The quantitative estimate of drug-likeness (QED) is 0.800. The van der Waals surface area contributed by atoms with Crippen LogP contribution in [0.1, 0.15) is 62.4 Å². The fourth-order valence-electron chi connectivity index (χ4n) is 2.79. The van der Waals surface area contributed by atoms with Crippen LogP contribution in [-0.2, 0) is 5.75 Å². The van der Waals surface area contributed by atoms with E-state index in [2.05, 4.69) is 6.92 Å². The lowest BCUT2D eigenvalue weighted by atomic mass is 9.79. The molecule has 1 aromatic rings. The topological polar surface area (TPSA) is 53.7 Å². The van der Waals surface area contributed by atoms with E-state index in [0.29, 0.717) is 18.8 Å². The van der Waals surface area contributed by atoms with Crippen molar-refractivity contribution in [1.82, 2.24) is 4.90 Å². The van der Waals surface area contributed by atoms with Crippen molar-refractivity contribution in [3.63, 3.8) is 0 Å². The number of rotatable bonds is 6. The van der Waals surface area contributed by atoms with Gasteiger partial charge in [-0.15, -0.1) is 0 Å². The Kier molecular flexibility index (Phi) is 5.52. The summed E-state index contributed by atoms with van der Waals surface area (Å²) >= 11 is 1.88. The van der Waals surface area contributed by atoms with Crippen molar-refractivity contribution in [1.29, 1.82) is 0 Å². The number of likely N-dealkylation sites (tertiary alicyclic amines) is 1. The summed E-state index contributed by atoms with van der Waals surface area (Å²) in [5.41, 5.74) is -0.0913. The lowest BCUT2D eigenvalue weighted by molar-refractivity contribution is -0.0108. The Morgan fingerprint density at radius 2 is 2.09 bits per heavy atom. The fraction of sp³-hybridized carbons (Fsp3) is 0.722. The van der Waals surface area contributed by atoms with Crippen LogP contribution < -0.4 is 0 Å². The van der Waals surface area contributed by atoms with E-state index in [1.807, 2.05) is 38.6 Å². The minimum Gasteiger partial charge on any atom is -0.456 e. The molecule has 5 heteroatoms. The van der Waals surface area contributed by atoms with Gasteiger partial charge in [0, 0.05) is 23.3 Å². The number of carbonyl (C=O) groups excluding carboxylic acids is 1. The maximum absolute atomic E-state index is 12.7. The molecule has 1 amide bonds. The zero-order valence-corrected chi connectivity index (χ0v) is 15.8. The van der Waals surface area contributed by atoms with Crippen LogP contribution in [0.15, 0.2) is 10.5 Å². The molecule has 1 fully saturated rings. The highest BCUT2D eigenvalue weighted by atomic mass is 32.2. The van der Waals surface area contributed by atoms with Gasteiger partial charge < -0.3 is 14.4 Å². The van der Waals surface area contributed by atoms with E-state index in [1.54, 1.807) is 11.8 Å². The Labute approximate surface area is 143 Å². The van der Waals surface area contributed by atoms with Gasteiger partial charge in [-0.25, -0.2) is 0 Å². The molecule has 0 aromatic carbocycles. The van der Waals surface area contributed by atoms with Gasteiger partial charge in [0.1, 0.15) is 5.76 Å². The van der Waals surface area contributed by atoms with Gasteiger partial charge in [0.05, 0.1) is 12.1 Å². The molecule has 1 aliphatic rings. The largest absolute Gasteiger partial charge is 0.456 e. The van der Waals surface area contributed by atoms with E-state index in [1.165, 1.54) is 12.8 Å². The van der Waals surface area contributed by atoms with Gasteiger partial charge in [0.15, 0.2) is 5.76 Å². The molecule has 1 aliphatic heterocycles. The number of furan rings is 1. The third-order valence-electron chi connectivity index (χ3n) is 4.96. The number of β-amino-alcohol motifs (C(OH)–C–C–N with tert-alkyl or cyclic N) is 1. The van der Waals surface area contributed by atoms with Crippen LogP contribution in [0.25, 0.3) is 0 Å². The summed E-state index contributed by atoms with van der Waals surface area (Å²) < 4.78 is 5.70. The molecule has 2 heterocycles. The first kappa shape index (κ1) is 18.4. The lowest BCUT2D eigenvalue weighted by Crippen LogP contribution is -2.40. The zero-order valence-electron chi connectivity index (χ0n) is 14.9. The number of thioether (sulfide) groups is 1. The van der Waals surface area contributed by atoms with Gasteiger partial charge in [-0.3, -0.25) is 4.79 Å². The van der Waals surface area contributed by atoms with Crippen LogP contribution >= 0.6 is 11.8 Å². The number of nitrogens with zero attached hydrogens (tertiary/aromatic N) is 1. The SMILES string of the molecule is CCCCSCc1cc(C(=O)N2CC(C)(C)[C@](C)(O)C2)oc1C. The van der Waals surface area contributed by atoms with E-state index in [-0.39, 0.29) is 11.3 Å². The smallest absolute Gasteiger partial charge is 0.289 e. The highest BCUT2D eigenvalue weighted by Gasteiger charge is 2.49. The van der Waals surface area contributed by atoms with Crippen LogP contribution in [0, 0.1) is 12.3 Å². The summed E-state index contributed by atoms with van der Waals surface area (Å²) in [6.07, 6.45) is 2.41. The van der Waals surface area contributed by atoms with E-state index in [4.69, 9.17) is 4.42 Å². The number of aryl methyl sites for hydroxylation is 1. The molecule has 1 saturated heterocycles. The number of aliphatic hydroxyl groups is 1. The van der Waals surface area contributed by atoms with E-state index in [0.717, 1.165) is 22.8 Å². The van der Waals surface area contributed by atoms with E-state index < -0.39 is 5.60 Å². The minimum absolute atomic E-state index is 0.122. The summed E-state index contributed by atoms with van der Waals surface area (Å²) in [6, 6.07) is 1.87. The minimum atomic E-state index is -0.872. The molecular formula is C18H29NO3S. The monoisotopic (exact) mass is 339 g/mol. The summed E-state index contributed by atoms with van der Waals surface area (Å²) in [6.45, 7) is 10.8. The molecule has 1 atom stereocenters. The predicted molar refractivity (Wildman–Crippen MR) is 94.8 cm³/mol. The van der Waals surface area contributed by atoms with Crippen LogP contribution in [0.2, 0.25) is 0 Å². The van der Waals surface area contributed by atoms with E-state index >= 15 is 0 Å². The maximum atomic E-state index is 12.7. The van der Waals surface area contributed by atoms with Gasteiger partial charge in [-0.05, 0) is 32.1 Å². The molecule has 0 aliphatic carbocycles. The predicted octanol–water partition coefficient (Wildman–Crippen LogP) is 3.85. The van der Waals surface area contributed by atoms with Crippen LogP contribution in [0.5, 0.6) is 0 Å². The summed E-state index contributed by atoms with van der Waals surface area (Å²) in [4.78, 5) is 14.4. The molecule has 0 saturated carbocycles. The number of unbranched alkanes of at least 4 members (excludes halogenated alkanes) is 1. The van der Waals surface area contributed by atoms with Gasteiger partial charge in [-0.1, -0.05) is 27.2 Å². The Morgan fingerprint density at radius 1 is 1.39 bits per heavy atom. The van der Waals surface area contributed by atoms with Crippen molar-refractivity contribution in [2.45, 2.75) is 58.8 Å². The van der Waals surface area contributed by atoms with Crippen molar-refractivity contribution >= 4 is 17.7 Å². The van der Waals surface area contributed by atoms with Crippen molar-refractivity contribution in [3.05, 3.63) is 23.2 Å². The summed E-state index contributed by atoms with van der Waals surface area (Å²) in [7, 11) is 0. The summed E-state index contributed by atoms with van der Waals surface area (Å²) in [5.74, 6) is 3.10. The Hall–Kier alpha value is -0.940. The van der Waals surface area contributed by atoms with Crippen molar-refractivity contribution in [2.24, 2.45) is 5.41 Å². The molecule has 2 rings (SSSR count). The molecule has 1 aromatic heterocycles. The zero-order chi connectivity index (χ0) is 17.3. The number of hydrogen-bond acceptors (Lipinski definition) is 4. The maximum Gasteiger partial charge on any atom is 0.289 e. The third-order valence-corrected chi connectivity index (χ3v) is 6.05. The second-order valence-electron chi connectivity index (χ2n) is 7.42. The van der Waals surface area contributed by atoms with Crippen molar-refractivity contribution < 1.29 is 14.3 Å². The number of hydrogen-bond donors (Lipinski definition) is 1. The lowest BCUT2D eigenvalue weighted by Gasteiger charge is -2.30. The summed E-state index contributed by atoms with van der Waals surface area (Å²) in [5, 5.41) is 10.5. The van der Waals surface area contributed by atoms with E-state index in [9.17, 15) is 9.90 Å².